The van der Waals surface area contributed by atoms with E-state index < -0.39 is 0 Å². The average molecular weight is 428 g/mol. The van der Waals surface area contributed by atoms with Crippen LogP contribution in [0.15, 0.2) is 59.9 Å². The van der Waals surface area contributed by atoms with Crippen LogP contribution in [0.1, 0.15) is 18.2 Å². The molecule has 2 amide bonds. The maximum Gasteiger partial charge on any atom is 0.234 e. The minimum Gasteiger partial charge on any atom is -0.390 e. The van der Waals surface area contributed by atoms with Gasteiger partial charge >= 0.3 is 0 Å². The fourth-order valence-electron chi connectivity index (χ4n) is 2.71. The molecule has 3 N–H and O–H groups in total. The van der Waals surface area contributed by atoms with Gasteiger partial charge in [0.15, 0.2) is 5.16 Å². The Kier molecular flexibility index (Phi) is 7.21. The number of aliphatic hydroxyl groups is 1. The molecule has 0 saturated heterocycles. The van der Waals surface area contributed by atoms with Gasteiger partial charge in [-0.1, -0.05) is 23.9 Å². The van der Waals surface area contributed by atoms with Crippen LogP contribution in [0, 0.1) is 5.82 Å². The summed E-state index contributed by atoms with van der Waals surface area (Å²) in [6.45, 7) is 1.66. The quantitative estimate of drug-likeness (QED) is 0.479. The Hall–Kier alpha value is -3.17. The molecule has 3 aromatic rings. The van der Waals surface area contributed by atoms with Crippen LogP contribution < -0.4 is 10.6 Å². The number of aliphatic hydroxyl groups excluding tert-OH is 1. The van der Waals surface area contributed by atoms with Gasteiger partial charge in [-0.15, -0.1) is 0 Å². The van der Waals surface area contributed by atoms with Crippen molar-refractivity contribution in [3.8, 4) is 0 Å². The summed E-state index contributed by atoms with van der Waals surface area (Å²) < 4.78 is 14.9. The number of benzene rings is 2. The largest absolute Gasteiger partial charge is 0.390 e. The van der Waals surface area contributed by atoms with E-state index in [-0.39, 0.29) is 30.0 Å². The molecular weight excluding hydrogens is 407 g/mol. The predicted molar refractivity (Wildman–Crippen MR) is 114 cm³/mol. The van der Waals surface area contributed by atoms with E-state index in [9.17, 15) is 19.1 Å². The first kappa shape index (κ1) is 21.5. The summed E-state index contributed by atoms with van der Waals surface area (Å²) in [5, 5.41) is 15.4. The highest BCUT2D eigenvalue weighted by Crippen LogP contribution is 2.21. The molecule has 156 valence electrons. The Morgan fingerprint density at radius 1 is 1.07 bits per heavy atom. The third kappa shape index (κ3) is 6.16. The second-order valence-electron chi connectivity index (χ2n) is 6.52. The fourth-order valence-corrected chi connectivity index (χ4v) is 3.51. The van der Waals surface area contributed by atoms with Crippen molar-refractivity contribution in [3.05, 3.63) is 71.8 Å². The number of imidazole rings is 1. The molecule has 1 heterocycles. The van der Waals surface area contributed by atoms with E-state index in [0.717, 1.165) is 5.56 Å². The minimum atomic E-state index is -0.309. The highest BCUT2D eigenvalue weighted by molar-refractivity contribution is 7.99. The molecule has 0 spiro atoms. The van der Waals surface area contributed by atoms with Crippen LogP contribution in [0.25, 0.3) is 0 Å². The van der Waals surface area contributed by atoms with E-state index in [1.807, 2.05) is 4.57 Å². The number of nitrogens with one attached hydrogen (secondary N) is 2. The number of carbonyl (C=O) groups is 2. The summed E-state index contributed by atoms with van der Waals surface area (Å²) in [5.41, 5.74) is 2.63. The molecular formula is C21H21FN4O3S. The normalized spacial score (nSPS) is 10.6. The topological polar surface area (TPSA) is 96.2 Å². The van der Waals surface area contributed by atoms with Gasteiger partial charge in [0.2, 0.25) is 11.8 Å². The first-order chi connectivity index (χ1) is 14.4. The standard InChI is InChI=1S/C21H21FN4O3S/c1-14(28)23-17-6-8-18(9-7-17)24-20(29)13-30-21-25-19(12-27)11-26(21)10-15-2-4-16(22)5-3-15/h2-9,11,27H,10,12-13H2,1H3,(H,23,28)(H,24,29). The summed E-state index contributed by atoms with van der Waals surface area (Å²) in [6, 6.07) is 12.9. The van der Waals surface area contributed by atoms with E-state index in [1.165, 1.54) is 30.8 Å². The SMILES string of the molecule is CC(=O)Nc1ccc(NC(=O)CSc2nc(CO)cn2Cc2ccc(F)cc2)cc1. The maximum atomic E-state index is 13.1. The first-order valence-corrected chi connectivity index (χ1v) is 10.1. The number of nitrogens with zero attached hydrogens (tertiary/aromatic N) is 2. The van der Waals surface area contributed by atoms with Gasteiger partial charge in [-0.25, -0.2) is 9.37 Å². The Labute approximate surface area is 177 Å². The average Bonchev–Trinajstić information content (AvgIpc) is 3.11. The molecule has 0 aliphatic heterocycles. The Bertz CT molecular complexity index is 1020. The molecule has 0 aliphatic rings. The van der Waals surface area contributed by atoms with Crippen molar-refractivity contribution in [2.24, 2.45) is 0 Å². The smallest absolute Gasteiger partial charge is 0.234 e. The van der Waals surface area contributed by atoms with Crippen LogP contribution in [0.2, 0.25) is 0 Å². The van der Waals surface area contributed by atoms with Crippen molar-refractivity contribution in [1.29, 1.82) is 0 Å². The van der Waals surface area contributed by atoms with Gasteiger partial charge in [0, 0.05) is 31.0 Å². The number of rotatable bonds is 8. The lowest BCUT2D eigenvalue weighted by molar-refractivity contribution is -0.114. The molecule has 0 aliphatic carbocycles. The number of aromatic nitrogens is 2. The van der Waals surface area contributed by atoms with Crippen LogP contribution in [0.3, 0.4) is 0 Å². The van der Waals surface area contributed by atoms with Crippen molar-refractivity contribution in [2.75, 3.05) is 16.4 Å². The molecule has 9 heteroatoms. The van der Waals surface area contributed by atoms with E-state index in [1.54, 1.807) is 42.6 Å². The number of thioether (sulfide) groups is 1. The van der Waals surface area contributed by atoms with E-state index in [0.29, 0.717) is 28.8 Å². The number of halogens is 1. The van der Waals surface area contributed by atoms with Gasteiger partial charge in [0.1, 0.15) is 5.82 Å². The summed E-state index contributed by atoms with van der Waals surface area (Å²) >= 11 is 1.24. The molecule has 30 heavy (non-hydrogen) atoms. The zero-order valence-electron chi connectivity index (χ0n) is 16.3. The second-order valence-corrected chi connectivity index (χ2v) is 7.47. The van der Waals surface area contributed by atoms with Crippen molar-refractivity contribution in [2.45, 2.75) is 25.2 Å². The number of anilines is 2. The molecule has 2 aromatic carbocycles. The summed E-state index contributed by atoms with van der Waals surface area (Å²) in [7, 11) is 0. The maximum absolute atomic E-state index is 13.1. The van der Waals surface area contributed by atoms with Crippen molar-refractivity contribution < 1.29 is 19.1 Å². The highest BCUT2D eigenvalue weighted by atomic mass is 32.2. The summed E-state index contributed by atoms with van der Waals surface area (Å²) in [6.07, 6.45) is 1.71. The molecule has 0 unspecified atom stereocenters. The number of amides is 2. The molecule has 0 atom stereocenters. The van der Waals surface area contributed by atoms with Gasteiger partial charge in [0.25, 0.3) is 0 Å². The second kappa shape index (κ2) is 10.0. The lowest BCUT2D eigenvalue weighted by Crippen LogP contribution is -2.15. The minimum absolute atomic E-state index is 0.124. The third-order valence-corrected chi connectivity index (χ3v) is 5.03. The van der Waals surface area contributed by atoms with Crippen LogP contribution >= 0.6 is 11.8 Å². The third-order valence-electron chi connectivity index (χ3n) is 4.04. The van der Waals surface area contributed by atoms with Crippen LogP contribution in [-0.4, -0.2) is 32.2 Å². The molecule has 7 nitrogen and oxygen atoms in total. The van der Waals surface area contributed by atoms with Crippen LogP contribution in [0.4, 0.5) is 15.8 Å². The predicted octanol–water partition coefficient (Wildman–Crippen LogP) is 3.25. The van der Waals surface area contributed by atoms with Gasteiger partial charge in [0.05, 0.1) is 18.1 Å². The van der Waals surface area contributed by atoms with E-state index >= 15 is 0 Å². The van der Waals surface area contributed by atoms with Gasteiger partial charge in [-0.3, -0.25) is 9.59 Å². The lowest BCUT2D eigenvalue weighted by Gasteiger charge is -2.09. The van der Waals surface area contributed by atoms with Crippen molar-refractivity contribution in [3.63, 3.8) is 0 Å². The molecule has 3 rings (SSSR count). The van der Waals surface area contributed by atoms with Crippen LogP contribution in [0.5, 0.6) is 0 Å². The Morgan fingerprint density at radius 2 is 1.70 bits per heavy atom. The molecule has 0 fully saturated rings. The summed E-state index contributed by atoms with van der Waals surface area (Å²) in [5.74, 6) is -0.564. The van der Waals surface area contributed by atoms with Gasteiger partial charge in [-0.05, 0) is 42.0 Å². The number of hydrogen-bond donors (Lipinski definition) is 3. The fraction of sp³-hybridized carbons (Fsp3) is 0.190. The molecule has 0 saturated carbocycles. The Balaban J connectivity index is 1.60. The van der Waals surface area contributed by atoms with Crippen LogP contribution in [-0.2, 0) is 22.7 Å². The molecule has 0 radical (unpaired) electrons. The zero-order valence-corrected chi connectivity index (χ0v) is 17.1. The van der Waals surface area contributed by atoms with Crippen molar-refractivity contribution in [1.82, 2.24) is 9.55 Å². The Morgan fingerprint density at radius 3 is 2.30 bits per heavy atom. The zero-order chi connectivity index (χ0) is 21.5. The van der Waals surface area contributed by atoms with Crippen molar-refractivity contribution >= 4 is 35.0 Å². The highest BCUT2D eigenvalue weighted by Gasteiger charge is 2.12. The number of carbonyl (C=O) groups excluding carboxylic acids is 2. The molecule has 1 aromatic heterocycles. The van der Waals surface area contributed by atoms with E-state index in [2.05, 4.69) is 15.6 Å². The molecule has 0 bridgehead atoms. The summed E-state index contributed by atoms with van der Waals surface area (Å²) in [4.78, 5) is 27.7. The number of hydrogen-bond acceptors (Lipinski definition) is 5. The lowest BCUT2D eigenvalue weighted by atomic mass is 10.2. The van der Waals surface area contributed by atoms with E-state index in [4.69, 9.17) is 0 Å². The monoisotopic (exact) mass is 428 g/mol. The first-order valence-electron chi connectivity index (χ1n) is 9.14. The van der Waals surface area contributed by atoms with Gasteiger partial charge < -0.3 is 20.3 Å². The van der Waals surface area contributed by atoms with Gasteiger partial charge in [-0.2, -0.15) is 0 Å².